The molecular formula is C11H11NO9S3. The molecule has 0 atom stereocenters. The predicted octanol–water partition coefficient (Wildman–Crippen LogP) is 0.622. The summed E-state index contributed by atoms with van der Waals surface area (Å²) >= 11 is 0. The monoisotopic (exact) mass is 397 g/mol. The molecule has 0 saturated carbocycles. The molecule has 0 aromatic heterocycles. The summed E-state index contributed by atoms with van der Waals surface area (Å²) in [6, 6.07) is 3.20. The quantitative estimate of drug-likeness (QED) is 0.535. The first-order valence-corrected chi connectivity index (χ1v) is 10.3. The van der Waals surface area contributed by atoms with E-state index in [1.54, 1.807) is 0 Å². The van der Waals surface area contributed by atoms with Gasteiger partial charge in [0.05, 0.1) is 4.90 Å². The molecule has 0 bridgehead atoms. The van der Waals surface area contributed by atoms with Gasteiger partial charge in [0.1, 0.15) is 9.79 Å². The molecule has 4 N–H and O–H groups in total. The van der Waals surface area contributed by atoms with Gasteiger partial charge in [0.15, 0.2) is 0 Å². The van der Waals surface area contributed by atoms with Gasteiger partial charge in [0.2, 0.25) is 0 Å². The number of nitrogens with one attached hydrogen (secondary N) is 1. The zero-order chi connectivity index (χ0) is 18.5. The van der Waals surface area contributed by atoms with E-state index in [4.69, 9.17) is 4.55 Å². The SMILES string of the molecule is CNc1cc(S(=O)(=O)O)c2cc(S(=O)(=O)O)cc(S(=O)(=O)O)c2c1. The fourth-order valence-corrected chi connectivity index (χ4v) is 4.14. The van der Waals surface area contributed by atoms with Gasteiger partial charge in [-0.3, -0.25) is 13.7 Å². The molecule has 0 radical (unpaired) electrons. The van der Waals surface area contributed by atoms with Crippen molar-refractivity contribution in [2.75, 3.05) is 12.4 Å². The molecule has 24 heavy (non-hydrogen) atoms. The first-order chi connectivity index (χ1) is 10.7. The summed E-state index contributed by atoms with van der Waals surface area (Å²) in [5, 5.41) is 1.65. The highest BCUT2D eigenvalue weighted by Gasteiger charge is 2.25. The number of hydrogen-bond donors (Lipinski definition) is 4. The molecule has 0 heterocycles. The van der Waals surface area contributed by atoms with Crippen LogP contribution in [0.1, 0.15) is 0 Å². The van der Waals surface area contributed by atoms with Crippen LogP contribution < -0.4 is 5.32 Å². The van der Waals surface area contributed by atoms with Crippen LogP contribution in [0.25, 0.3) is 10.8 Å². The second kappa shape index (κ2) is 5.65. The predicted molar refractivity (Wildman–Crippen MR) is 82.9 cm³/mol. The van der Waals surface area contributed by atoms with E-state index in [0.717, 1.165) is 12.1 Å². The van der Waals surface area contributed by atoms with Crippen molar-refractivity contribution in [2.45, 2.75) is 14.7 Å². The first-order valence-electron chi connectivity index (χ1n) is 5.97. The highest BCUT2D eigenvalue weighted by molar-refractivity contribution is 7.87. The molecule has 10 nitrogen and oxygen atoms in total. The van der Waals surface area contributed by atoms with E-state index in [1.807, 2.05) is 0 Å². The molecule has 0 unspecified atom stereocenters. The third-order valence-electron chi connectivity index (χ3n) is 3.11. The molecule has 0 spiro atoms. The molecule has 2 rings (SSSR count). The van der Waals surface area contributed by atoms with Crippen LogP contribution in [0.4, 0.5) is 5.69 Å². The summed E-state index contributed by atoms with van der Waals surface area (Å²) in [5.74, 6) is 0. The Morgan fingerprint density at radius 3 is 1.58 bits per heavy atom. The summed E-state index contributed by atoms with van der Waals surface area (Å²) < 4.78 is 96.5. The van der Waals surface area contributed by atoms with E-state index in [9.17, 15) is 34.4 Å². The van der Waals surface area contributed by atoms with Gasteiger partial charge in [0.25, 0.3) is 30.4 Å². The lowest BCUT2D eigenvalue weighted by molar-refractivity contribution is 0.478. The molecule has 0 aliphatic rings. The van der Waals surface area contributed by atoms with Gasteiger partial charge in [0, 0.05) is 23.5 Å². The third-order valence-corrected chi connectivity index (χ3v) is 5.73. The topological polar surface area (TPSA) is 175 Å². The van der Waals surface area contributed by atoms with E-state index in [2.05, 4.69) is 5.32 Å². The molecule has 132 valence electrons. The minimum atomic E-state index is -4.98. The summed E-state index contributed by atoms with van der Waals surface area (Å²) in [6.45, 7) is 0. The van der Waals surface area contributed by atoms with Crippen molar-refractivity contribution in [1.29, 1.82) is 0 Å². The van der Waals surface area contributed by atoms with Crippen LogP contribution in [0.15, 0.2) is 39.0 Å². The Labute approximate surface area is 137 Å². The summed E-state index contributed by atoms with van der Waals surface area (Å²) in [7, 11) is -13.4. The summed E-state index contributed by atoms with van der Waals surface area (Å²) in [5.41, 5.74) is 0.0691. The molecule has 2 aromatic carbocycles. The Morgan fingerprint density at radius 1 is 0.708 bits per heavy atom. The largest absolute Gasteiger partial charge is 0.388 e. The molecule has 0 aliphatic heterocycles. The standard InChI is InChI=1S/C11H11NO9S3/c1-12-6-2-8-9(10(3-6)23(16,17)18)4-7(22(13,14)15)5-11(8)24(19,20)21/h2-5,12H,1H3,(H,13,14,15)(H,16,17,18)(H,19,20,21). The van der Waals surface area contributed by atoms with Crippen LogP contribution in [-0.4, -0.2) is 46.0 Å². The zero-order valence-electron chi connectivity index (χ0n) is 11.8. The number of benzene rings is 2. The Balaban J connectivity index is 3.22. The highest BCUT2D eigenvalue weighted by atomic mass is 32.2. The Morgan fingerprint density at radius 2 is 1.17 bits per heavy atom. The maximum absolute atomic E-state index is 11.5. The lowest BCUT2D eigenvalue weighted by atomic mass is 10.1. The molecule has 0 saturated heterocycles. The van der Waals surface area contributed by atoms with Crippen LogP contribution in [-0.2, 0) is 30.4 Å². The van der Waals surface area contributed by atoms with Crippen molar-refractivity contribution in [3.05, 3.63) is 24.3 Å². The normalized spacial score (nSPS) is 13.2. The van der Waals surface area contributed by atoms with Gasteiger partial charge in [-0.1, -0.05) is 0 Å². The van der Waals surface area contributed by atoms with E-state index >= 15 is 0 Å². The van der Waals surface area contributed by atoms with Gasteiger partial charge < -0.3 is 5.32 Å². The van der Waals surface area contributed by atoms with Crippen molar-refractivity contribution >= 4 is 46.8 Å². The van der Waals surface area contributed by atoms with Crippen molar-refractivity contribution in [3.63, 3.8) is 0 Å². The van der Waals surface area contributed by atoms with E-state index in [1.165, 1.54) is 7.05 Å². The molecule has 0 aliphatic carbocycles. The molecule has 0 fully saturated rings. The smallest absolute Gasteiger partial charge is 0.295 e. The van der Waals surface area contributed by atoms with Crippen LogP contribution in [0, 0.1) is 0 Å². The minimum absolute atomic E-state index is 0.0691. The fraction of sp³-hybridized carbons (Fsp3) is 0.0909. The van der Waals surface area contributed by atoms with Crippen LogP contribution in [0.2, 0.25) is 0 Å². The van der Waals surface area contributed by atoms with Crippen molar-refractivity contribution in [1.82, 2.24) is 0 Å². The third kappa shape index (κ3) is 3.50. The van der Waals surface area contributed by atoms with Crippen LogP contribution >= 0.6 is 0 Å². The minimum Gasteiger partial charge on any atom is -0.388 e. The lowest BCUT2D eigenvalue weighted by Crippen LogP contribution is -2.07. The second-order valence-corrected chi connectivity index (χ2v) is 8.87. The van der Waals surface area contributed by atoms with Crippen LogP contribution in [0.3, 0.4) is 0 Å². The maximum atomic E-state index is 11.5. The summed E-state index contributed by atoms with van der Waals surface area (Å²) in [6.07, 6.45) is 0. The number of anilines is 1. The Hall–Kier alpha value is -1.77. The average molecular weight is 397 g/mol. The first kappa shape index (κ1) is 18.6. The van der Waals surface area contributed by atoms with Gasteiger partial charge in [-0.25, -0.2) is 0 Å². The maximum Gasteiger partial charge on any atom is 0.295 e. The molecule has 13 heteroatoms. The average Bonchev–Trinajstić information content (AvgIpc) is 2.41. The van der Waals surface area contributed by atoms with Crippen molar-refractivity contribution < 1.29 is 38.9 Å². The van der Waals surface area contributed by atoms with Gasteiger partial charge in [-0.2, -0.15) is 25.3 Å². The number of rotatable bonds is 4. The Kier molecular flexibility index (Phi) is 4.37. The molecule has 0 amide bonds. The van der Waals surface area contributed by atoms with Gasteiger partial charge in [-0.05, 0) is 24.3 Å². The highest BCUT2D eigenvalue weighted by Crippen LogP contribution is 2.34. The van der Waals surface area contributed by atoms with Crippen molar-refractivity contribution in [3.8, 4) is 0 Å². The molecular weight excluding hydrogens is 386 g/mol. The number of hydrogen-bond acceptors (Lipinski definition) is 7. The fourth-order valence-electron chi connectivity index (χ4n) is 2.09. The summed E-state index contributed by atoms with van der Waals surface area (Å²) in [4.78, 5) is -2.72. The second-order valence-electron chi connectivity index (χ2n) is 4.67. The van der Waals surface area contributed by atoms with Gasteiger partial charge in [-0.15, -0.1) is 0 Å². The molecule has 2 aromatic rings. The lowest BCUT2D eigenvalue weighted by Gasteiger charge is -2.12. The van der Waals surface area contributed by atoms with Crippen molar-refractivity contribution in [2.24, 2.45) is 0 Å². The van der Waals surface area contributed by atoms with E-state index < -0.39 is 50.4 Å². The number of fused-ring (bicyclic) bond motifs is 1. The van der Waals surface area contributed by atoms with Crippen LogP contribution in [0.5, 0.6) is 0 Å². The van der Waals surface area contributed by atoms with E-state index in [0.29, 0.717) is 12.1 Å². The van der Waals surface area contributed by atoms with Gasteiger partial charge >= 0.3 is 0 Å². The Bertz CT molecular complexity index is 1150. The van der Waals surface area contributed by atoms with E-state index in [-0.39, 0.29) is 11.1 Å². The zero-order valence-corrected chi connectivity index (χ0v) is 14.3.